The third kappa shape index (κ3) is 10.8. The summed E-state index contributed by atoms with van der Waals surface area (Å²) in [7, 11) is 0. The van der Waals surface area contributed by atoms with Crippen molar-refractivity contribution in [3.8, 4) is 11.5 Å². The van der Waals surface area contributed by atoms with E-state index in [2.05, 4.69) is 16.0 Å². The van der Waals surface area contributed by atoms with E-state index in [9.17, 15) is 19.2 Å². The Labute approximate surface area is 235 Å². The lowest BCUT2D eigenvalue weighted by Crippen LogP contribution is -2.37. The fraction of sp³-hybridized carbons (Fsp3) is 0.448. The van der Waals surface area contributed by atoms with Gasteiger partial charge in [-0.15, -0.1) is 0 Å². The monoisotopic (exact) mass is 556 g/mol. The second kappa shape index (κ2) is 14.2. The maximum Gasteiger partial charge on any atom is 0.408 e. The number of anilines is 2. The number of primary amides is 1. The van der Waals surface area contributed by atoms with Crippen LogP contribution in [-0.2, 0) is 9.53 Å². The van der Waals surface area contributed by atoms with E-state index < -0.39 is 29.4 Å². The van der Waals surface area contributed by atoms with Gasteiger partial charge in [-0.05, 0) is 69.0 Å². The molecule has 0 saturated carbocycles. The van der Waals surface area contributed by atoms with E-state index in [0.717, 1.165) is 0 Å². The van der Waals surface area contributed by atoms with Gasteiger partial charge < -0.3 is 35.9 Å². The molecule has 0 aliphatic carbocycles. The summed E-state index contributed by atoms with van der Waals surface area (Å²) in [5, 5.41) is 7.89. The zero-order valence-electron chi connectivity index (χ0n) is 24.2. The first-order valence-electron chi connectivity index (χ1n) is 13.1. The van der Waals surface area contributed by atoms with E-state index in [1.54, 1.807) is 32.9 Å². The van der Waals surface area contributed by atoms with Crippen LogP contribution in [0, 0.1) is 11.8 Å². The number of carbonyl (C=O) groups is 4. The van der Waals surface area contributed by atoms with Crippen LogP contribution < -0.4 is 31.2 Å². The van der Waals surface area contributed by atoms with Crippen molar-refractivity contribution in [3.05, 3.63) is 47.5 Å². The summed E-state index contributed by atoms with van der Waals surface area (Å²) in [6, 6.07) is 9.13. The smallest absolute Gasteiger partial charge is 0.408 e. The van der Waals surface area contributed by atoms with Gasteiger partial charge in [-0.2, -0.15) is 0 Å². The third-order valence-electron chi connectivity index (χ3n) is 4.97. The lowest BCUT2D eigenvalue weighted by atomic mass is 10.1. The lowest BCUT2D eigenvalue weighted by molar-refractivity contribution is -0.115. The minimum Gasteiger partial charge on any atom is -0.491 e. The van der Waals surface area contributed by atoms with Gasteiger partial charge in [-0.3, -0.25) is 14.4 Å². The molecular weight excluding hydrogens is 516 g/mol. The van der Waals surface area contributed by atoms with Gasteiger partial charge in [-0.1, -0.05) is 27.7 Å². The minimum absolute atomic E-state index is 0.180. The number of nitrogens with one attached hydrogen (secondary N) is 3. The Kier molecular flexibility index (Phi) is 11.3. The molecule has 2 aromatic rings. The second-order valence-electron chi connectivity index (χ2n) is 11.1. The van der Waals surface area contributed by atoms with Gasteiger partial charge >= 0.3 is 6.09 Å². The molecule has 2 rings (SSSR count). The predicted octanol–water partition coefficient (Wildman–Crippen LogP) is 4.57. The molecule has 0 spiro atoms. The Hall–Kier alpha value is -4.28. The van der Waals surface area contributed by atoms with Crippen LogP contribution in [0.2, 0.25) is 0 Å². The number of hydrogen-bond donors (Lipinski definition) is 4. The van der Waals surface area contributed by atoms with Gasteiger partial charge in [0, 0.05) is 11.1 Å². The Balaban J connectivity index is 2.23. The number of amides is 4. The fourth-order valence-electron chi connectivity index (χ4n) is 3.15. The molecule has 0 atom stereocenters. The van der Waals surface area contributed by atoms with E-state index in [-0.39, 0.29) is 35.3 Å². The predicted molar refractivity (Wildman–Crippen MR) is 153 cm³/mol. The van der Waals surface area contributed by atoms with E-state index in [4.69, 9.17) is 19.9 Å². The maximum absolute atomic E-state index is 13.2. The molecule has 11 heteroatoms. The molecule has 4 amide bonds. The van der Waals surface area contributed by atoms with Crippen molar-refractivity contribution in [2.75, 3.05) is 30.4 Å². The number of carbonyl (C=O) groups excluding carboxylic acids is 4. The van der Waals surface area contributed by atoms with Crippen LogP contribution in [0.15, 0.2) is 36.4 Å². The van der Waals surface area contributed by atoms with Crippen molar-refractivity contribution in [1.29, 1.82) is 0 Å². The number of nitrogens with two attached hydrogens (primary N) is 1. The second-order valence-corrected chi connectivity index (χ2v) is 11.1. The number of alkyl carbamates (subject to hydrolysis) is 1. The van der Waals surface area contributed by atoms with Crippen molar-refractivity contribution in [2.45, 2.75) is 54.1 Å². The molecule has 11 nitrogen and oxygen atoms in total. The number of hydrogen-bond acceptors (Lipinski definition) is 7. The third-order valence-corrected chi connectivity index (χ3v) is 4.97. The van der Waals surface area contributed by atoms with Crippen LogP contribution in [0.1, 0.15) is 69.2 Å². The van der Waals surface area contributed by atoms with Crippen LogP contribution in [0.25, 0.3) is 0 Å². The van der Waals surface area contributed by atoms with Gasteiger partial charge in [0.25, 0.3) is 5.91 Å². The molecule has 5 N–H and O–H groups in total. The zero-order valence-corrected chi connectivity index (χ0v) is 24.2. The Morgan fingerprint density at radius 1 is 0.800 bits per heavy atom. The summed E-state index contributed by atoms with van der Waals surface area (Å²) in [6.07, 6.45) is -0.716. The maximum atomic E-state index is 13.2. The van der Waals surface area contributed by atoms with Gasteiger partial charge in [0.05, 0.1) is 24.6 Å². The molecule has 218 valence electrons. The highest BCUT2D eigenvalue weighted by Crippen LogP contribution is 2.30. The number of benzene rings is 2. The number of rotatable bonds is 12. The first-order chi connectivity index (χ1) is 18.6. The topological polar surface area (TPSA) is 158 Å². The summed E-state index contributed by atoms with van der Waals surface area (Å²) in [4.78, 5) is 49.2. The van der Waals surface area contributed by atoms with E-state index in [1.165, 1.54) is 24.3 Å². The highest BCUT2D eigenvalue weighted by atomic mass is 16.6. The highest BCUT2D eigenvalue weighted by molar-refractivity contribution is 6.06. The lowest BCUT2D eigenvalue weighted by Gasteiger charge is -2.20. The normalized spacial score (nSPS) is 11.1. The molecule has 40 heavy (non-hydrogen) atoms. The SMILES string of the molecule is CC(C)COc1cc(C(=O)Nc2ccc(C(N)=O)cc2OCC(C)C)ccc1NC(=O)CNC(=O)OC(C)(C)C. The Bertz CT molecular complexity index is 1220. The van der Waals surface area contributed by atoms with Crippen molar-refractivity contribution in [1.82, 2.24) is 5.32 Å². The summed E-state index contributed by atoms with van der Waals surface area (Å²) < 4.78 is 16.8. The summed E-state index contributed by atoms with van der Waals surface area (Å²) in [6.45, 7) is 13.4. The van der Waals surface area contributed by atoms with E-state index in [0.29, 0.717) is 30.3 Å². The van der Waals surface area contributed by atoms with Crippen LogP contribution in [0.3, 0.4) is 0 Å². The standard InChI is InChI=1S/C29H40N4O7/c1-17(2)15-38-23-12-19(26(30)35)8-10-22(23)33-27(36)20-9-11-21(24(13-20)39-16-18(3)4)32-25(34)14-31-28(37)40-29(5,6)7/h8-13,17-18H,14-16H2,1-7H3,(H2,30,35)(H,31,37)(H,32,34)(H,33,36). The van der Waals surface area contributed by atoms with Crippen LogP contribution >= 0.6 is 0 Å². The molecule has 0 fully saturated rings. The van der Waals surface area contributed by atoms with Crippen molar-refractivity contribution < 1.29 is 33.4 Å². The highest BCUT2D eigenvalue weighted by Gasteiger charge is 2.19. The van der Waals surface area contributed by atoms with Crippen molar-refractivity contribution >= 4 is 35.2 Å². The van der Waals surface area contributed by atoms with Crippen molar-refractivity contribution in [2.24, 2.45) is 17.6 Å². The largest absolute Gasteiger partial charge is 0.491 e. The summed E-state index contributed by atoms with van der Waals surface area (Å²) >= 11 is 0. The molecule has 0 aromatic heterocycles. The molecular formula is C29H40N4O7. The fourth-order valence-corrected chi connectivity index (χ4v) is 3.15. The summed E-state index contributed by atoms with van der Waals surface area (Å²) in [5.74, 6) is -0.580. The molecule has 0 radical (unpaired) electrons. The van der Waals surface area contributed by atoms with Crippen LogP contribution in [0.5, 0.6) is 11.5 Å². The average Bonchev–Trinajstić information content (AvgIpc) is 2.84. The van der Waals surface area contributed by atoms with Gasteiger partial charge in [0.15, 0.2) is 0 Å². The molecule has 0 saturated heterocycles. The Morgan fingerprint density at radius 2 is 1.30 bits per heavy atom. The van der Waals surface area contributed by atoms with Crippen molar-refractivity contribution in [3.63, 3.8) is 0 Å². The van der Waals surface area contributed by atoms with E-state index >= 15 is 0 Å². The molecule has 0 bridgehead atoms. The van der Waals surface area contributed by atoms with E-state index in [1.807, 2.05) is 27.7 Å². The first kappa shape index (κ1) is 31.9. The van der Waals surface area contributed by atoms with Gasteiger partial charge in [-0.25, -0.2) is 4.79 Å². The van der Waals surface area contributed by atoms with Crippen LogP contribution in [-0.4, -0.2) is 49.2 Å². The molecule has 0 heterocycles. The quantitative estimate of drug-likeness (QED) is 0.298. The minimum atomic E-state index is -0.716. The molecule has 0 aliphatic rings. The molecule has 0 aliphatic heterocycles. The summed E-state index contributed by atoms with van der Waals surface area (Å²) in [5.41, 5.74) is 5.92. The first-order valence-corrected chi connectivity index (χ1v) is 13.1. The van der Waals surface area contributed by atoms with Gasteiger partial charge in [0.1, 0.15) is 23.6 Å². The average molecular weight is 557 g/mol. The van der Waals surface area contributed by atoms with Gasteiger partial charge in [0.2, 0.25) is 11.8 Å². The zero-order chi connectivity index (χ0) is 30.0. The molecule has 0 unspecified atom stereocenters. The Morgan fingerprint density at radius 3 is 1.80 bits per heavy atom. The molecule has 2 aromatic carbocycles. The van der Waals surface area contributed by atoms with Crippen LogP contribution in [0.4, 0.5) is 16.2 Å². The number of ether oxygens (including phenoxy) is 3.